The van der Waals surface area contributed by atoms with Crippen LogP contribution in [0.25, 0.3) is 0 Å². The second-order valence-corrected chi connectivity index (χ2v) is 5.36. The molecule has 22 heavy (non-hydrogen) atoms. The Kier molecular flexibility index (Phi) is 5.27. The van der Waals surface area contributed by atoms with Gasteiger partial charge in [-0.25, -0.2) is 4.39 Å². The number of nitrogens with zero attached hydrogens (tertiary/aromatic N) is 2. The van der Waals surface area contributed by atoms with Gasteiger partial charge < -0.3 is 9.84 Å². The monoisotopic (exact) mass is 305 g/mol. The van der Waals surface area contributed by atoms with Crippen molar-refractivity contribution in [1.82, 2.24) is 15.4 Å². The van der Waals surface area contributed by atoms with Crippen LogP contribution < -0.4 is 5.32 Å². The number of nitrogens with one attached hydrogen (secondary N) is 1. The number of carbonyl (C=O) groups is 1. The first-order valence-corrected chi connectivity index (χ1v) is 7.10. The summed E-state index contributed by atoms with van der Waals surface area (Å²) in [5, 5.41) is 6.76. The van der Waals surface area contributed by atoms with Gasteiger partial charge >= 0.3 is 0 Å². The highest BCUT2D eigenvalue weighted by atomic mass is 19.1. The van der Waals surface area contributed by atoms with Gasteiger partial charge in [0.15, 0.2) is 0 Å². The number of halogens is 1. The van der Waals surface area contributed by atoms with Crippen LogP contribution in [-0.2, 0) is 17.9 Å². The third-order valence-electron chi connectivity index (χ3n) is 3.51. The molecule has 2 rings (SSSR count). The van der Waals surface area contributed by atoms with E-state index in [2.05, 4.69) is 10.5 Å². The van der Waals surface area contributed by atoms with E-state index in [0.717, 1.165) is 17.0 Å². The highest BCUT2D eigenvalue weighted by molar-refractivity contribution is 5.81. The van der Waals surface area contributed by atoms with E-state index >= 15 is 0 Å². The zero-order valence-electron chi connectivity index (χ0n) is 13.0. The van der Waals surface area contributed by atoms with Crippen molar-refractivity contribution in [3.63, 3.8) is 0 Å². The molecule has 1 aromatic heterocycles. The van der Waals surface area contributed by atoms with Gasteiger partial charge in [-0.2, -0.15) is 0 Å². The van der Waals surface area contributed by atoms with Crippen molar-refractivity contribution in [2.45, 2.75) is 33.0 Å². The molecule has 1 unspecified atom stereocenters. The van der Waals surface area contributed by atoms with Crippen molar-refractivity contribution in [1.29, 1.82) is 0 Å². The topological polar surface area (TPSA) is 58.4 Å². The summed E-state index contributed by atoms with van der Waals surface area (Å²) in [5.74, 6) is 0.370. The second kappa shape index (κ2) is 7.17. The Labute approximate surface area is 129 Å². The van der Waals surface area contributed by atoms with Gasteiger partial charge in [-0.1, -0.05) is 17.3 Å². The lowest BCUT2D eigenvalue weighted by atomic mass is 10.2. The van der Waals surface area contributed by atoms with E-state index in [1.807, 2.05) is 31.9 Å². The molecule has 0 saturated heterocycles. The van der Waals surface area contributed by atoms with E-state index in [9.17, 15) is 9.18 Å². The molecule has 0 spiro atoms. The van der Waals surface area contributed by atoms with Gasteiger partial charge in [-0.05, 0) is 38.6 Å². The van der Waals surface area contributed by atoms with Crippen LogP contribution in [0, 0.1) is 12.7 Å². The summed E-state index contributed by atoms with van der Waals surface area (Å²) in [6.45, 7) is 4.56. The van der Waals surface area contributed by atoms with Crippen LogP contribution in [0.4, 0.5) is 4.39 Å². The third-order valence-corrected chi connectivity index (χ3v) is 3.51. The van der Waals surface area contributed by atoms with Crippen LogP contribution in [0.1, 0.15) is 23.9 Å². The molecule has 0 aliphatic heterocycles. The molecule has 1 aromatic carbocycles. The number of amides is 1. The smallest absolute Gasteiger partial charge is 0.237 e. The van der Waals surface area contributed by atoms with Crippen LogP contribution in [0.2, 0.25) is 0 Å². The average molecular weight is 305 g/mol. The molecule has 1 N–H and O–H groups in total. The minimum Gasteiger partial charge on any atom is -0.361 e. The first-order valence-electron chi connectivity index (χ1n) is 7.10. The molecule has 6 heteroatoms. The van der Waals surface area contributed by atoms with Gasteiger partial charge in [-0.15, -0.1) is 0 Å². The lowest BCUT2D eigenvalue weighted by molar-refractivity contribution is -0.125. The zero-order chi connectivity index (χ0) is 16.1. The Bertz CT molecular complexity index is 625. The van der Waals surface area contributed by atoms with Gasteiger partial charge in [0.25, 0.3) is 0 Å². The Morgan fingerprint density at radius 1 is 1.41 bits per heavy atom. The maximum atomic E-state index is 12.8. The quantitative estimate of drug-likeness (QED) is 0.889. The van der Waals surface area contributed by atoms with Crippen molar-refractivity contribution in [3.8, 4) is 0 Å². The van der Waals surface area contributed by atoms with E-state index in [0.29, 0.717) is 13.1 Å². The minimum atomic E-state index is -0.308. The zero-order valence-corrected chi connectivity index (χ0v) is 13.0. The fourth-order valence-corrected chi connectivity index (χ4v) is 2.02. The van der Waals surface area contributed by atoms with E-state index in [-0.39, 0.29) is 17.8 Å². The summed E-state index contributed by atoms with van der Waals surface area (Å²) in [5.41, 5.74) is 1.65. The SMILES string of the molecule is Cc1cc(CN(C)C(C)C(=O)NCc2ccc(F)cc2)no1. The highest BCUT2D eigenvalue weighted by Crippen LogP contribution is 2.08. The van der Waals surface area contributed by atoms with E-state index < -0.39 is 0 Å². The fourth-order valence-electron chi connectivity index (χ4n) is 2.02. The van der Waals surface area contributed by atoms with E-state index in [1.54, 1.807) is 12.1 Å². The van der Waals surface area contributed by atoms with Crippen LogP contribution >= 0.6 is 0 Å². The van der Waals surface area contributed by atoms with Gasteiger partial charge in [-0.3, -0.25) is 9.69 Å². The molecule has 0 bridgehead atoms. The molecule has 2 aromatic rings. The molecule has 1 atom stereocenters. The summed E-state index contributed by atoms with van der Waals surface area (Å²) >= 11 is 0. The first kappa shape index (κ1) is 16.2. The maximum absolute atomic E-state index is 12.8. The molecule has 5 nitrogen and oxygen atoms in total. The van der Waals surface area contributed by atoms with Crippen molar-refractivity contribution in [3.05, 3.63) is 53.2 Å². The van der Waals surface area contributed by atoms with Crippen molar-refractivity contribution >= 4 is 5.91 Å². The van der Waals surface area contributed by atoms with Crippen LogP contribution in [0.15, 0.2) is 34.9 Å². The standard InChI is InChI=1S/C16H20FN3O2/c1-11-8-15(19-22-11)10-20(3)12(2)16(21)18-9-13-4-6-14(17)7-5-13/h4-8,12H,9-10H2,1-3H3,(H,18,21). The Morgan fingerprint density at radius 3 is 2.68 bits per heavy atom. The molecule has 0 aliphatic carbocycles. The predicted molar refractivity (Wildman–Crippen MR) is 80.4 cm³/mol. The maximum Gasteiger partial charge on any atom is 0.237 e. The highest BCUT2D eigenvalue weighted by Gasteiger charge is 2.18. The normalized spacial score (nSPS) is 12.4. The number of rotatable bonds is 6. The number of aromatic nitrogens is 1. The van der Waals surface area contributed by atoms with Crippen LogP contribution in [0.5, 0.6) is 0 Å². The van der Waals surface area contributed by atoms with Crippen molar-refractivity contribution in [2.24, 2.45) is 0 Å². The lowest BCUT2D eigenvalue weighted by Gasteiger charge is -2.22. The number of hydrogen-bond acceptors (Lipinski definition) is 4. The molecule has 1 amide bonds. The summed E-state index contributed by atoms with van der Waals surface area (Å²) < 4.78 is 17.8. The summed E-state index contributed by atoms with van der Waals surface area (Å²) in [6.07, 6.45) is 0. The molecular weight excluding hydrogens is 285 g/mol. The van der Waals surface area contributed by atoms with E-state index in [4.69, 9.17) is 4.52 Å². The Balaban J connectivity index is 1.84. The number of benzene rings is 1. The third kappa shape index (κ3) is 4.39. The molecule has 0 radical (unpaired) electrons. The summed E-state index contributed by atoms with van der Waals surface area (Å²) in [6, 6.07) is 7.61. The largest absolute Gasteiger partial charge is 0.361 e. The Hall–Kier alpha value is -2.21. The predicted octanol–water partition coefficient (Wildman–Crippen LogP) is 2.26. The van der Waals surface area contributed by atoms with Gasteiger partial charge in [0.2, 0.25) is 5.91 Å². The molecule has 0 saturated carbocycles. The van der Waals surface area contributed by atoms with Crippen LogP contribution in [-0.4, -0.2) is 29.1 Å². The fraction of sp³-hybridized carbons (Fsp3) is 0.375. The van der Waals surface area contributed by atoms with Crippen molar-refractivity contribution in [2.75, 3.05) is 7.05 Å². The number of likely N-dealkylation sites (N-methyl/N-ethyl adjacent to an activating group) is 1. The van der Waals surface area contributed by atoms with Crippen LogP contribution in [0.3, 0.4) is 0 Å². The summed E-state index contributed by atoms with van der Waals surface area (Å²) in [7, 11) is 1.85. The molecule has 1 heterocycles. The first-order chi connectivity index (χ1) is 10.5. The number of aryl methyl sites for hydroxylation is 1. The average Bonchev–Trinajstić information content (AvgIpc) is 2.90. The minimum absolute atomic E-state index is 0.0907. The lowest BCUT2D eigenvalue weighted by Crippen LogP contribution is -2.42. The molecule has 118 valence electrons. The molecular formula is C16H20FN3O2. The van der Waals surface area contributed by atoms with Gasteiger partial charge in [0.1, 0.15) is 11.6 Å². The number of carbonyl (C=O) groups excluding carboxylic acids is 1. The van der Waals surface area contributed by atoms with Gasteiger partial charge in [0.05, 0.1) is 11.7 Å². The van der Waals surface area contributed by atoms with Crippen molar-refractivity contribution < 1.29 is 13.7 Å². The molecule has 0 aliphatic rings. The number of hydrogen-bond donors (Lipinski definition) is 1. The molecule has 0 fully saturated rings. The second-order valence-electron chi connectivity index (χ2n) is 5.36. The van der Waals surface area contributed by atoms with E-state index in [1.165, 1.54) is 12.1 Å². The summed E-state index contributed by atoms with van der Waals surface area (Å²) in [4.78, 5) is 14.0. The van der Waals surface area contributed by atoms with Gasteiger partial charge in [0, 0.05) is 19.2 Å². The Morgan fingerprint density at radius 2 is 2.09 bits per heavy atom.